The first-order valence-corrected chi connectivity index (χ1v) is 10.2. The van der Waals surface area contributed by atoms with Gasteiger partial charge < -0.3 is 15.5 Å². The second kappa shape index (κ2) is 8.17. The molecule has 2 heterocycles. The van der Waals surface area contributed by atoms with E-state index in [1.165, 1.54) is 15.9 Å². The van der Waals surface area contributed by atoms with Crippen molar-refractivity contribution < 1.29 is 14.0 Å². The Morgan fingerprint density at radius 2 is 1.90 bits per heavy atom. The maximum Gasteiger partial charge on any atom is 0.419 e. The smallest absolute Gasteiger partial charge is 0.408 e. The quantitative estimate of drug-likeness (QED) is 0.469. The zero-order valence-electron chi connectivity index (χ0n) is 15.6. The standard InChI is InChI=1S/C21H16ClN3O4S/c22-13-6-7-15-16(10-13)29-21(28)25(15)9-8-18(26)24-20-14(19(23)27)11-17(30-20)12-4-2-1-3-5-12/h1-7,10-11H,8-9H2,(H2,23,27)(H,24,26). The fraction of sp³-hybridized carbons (Fsp3) is 0.0952. The number of oxazole rings is 1. The van der Waals surface area contributed by atoms with E-state index in [4.69, 9.17) is 21.8 Å². The van der Waals surface area contributed by atoms with E-state index in [0.717, 1.165) is 10.4 Å². The number of hydrogen-bond acceptors (Lipinski definition) is 5. The molecule has 30 heavy (non-hydrogen) atoms. The van der Waals surface area contributed by atoms with Crippen LogP contribution in [0.1, 0.15) is 16.8 Å². The minimum absolute atomic E-state index is 0.00788. The third-order valence-corrected chi connectivity index (χ3v) is 5.84. The van der Waals surface area contributed by atoms with E-state index in [1.807, 2.05) is 30.3 Å². The third-order valence-electron chi connectivity index (χ3n) is 4.50. The Morgan fingerprint density at radius 1 is 1.13 bits per heavy atom. The fourth-order valence-electron chi connectivity index (χ4n) is 3.07. The number of carbonyl (C=O) groups excluding carboxylic acids is 2. The molecule has 3 N–H and O–H groups in total. The van der Waals surface area contributed by atoms with Gasteiger partial charge in [-0.2, -0.15) is 0 Å². The first-order valence-electron chi connectivity index (χ1n) is 9.00. The molecule has 0 aliphatic carbocycles. The number of primary amides is 1. The van der Waals surface area contributed by atoms with E-state index in [0.29, 0.717) is 21.1 Å². The van der Waals surface area contributed by atoms with Gasteiger partial charge in [0.05, 0.1) is 11.1 Å². The lowest BCUT2D eigenvalue weighted by molar-refractivity contribution is -0.116. The summed E-state index contributed by atoms with van der Waals surface area (Å²) in [6.07, 6.45) is 0.00788. The van der Waals surface area contributed by atoms with E-state index in [1.54, 1.807) is 24.3 Å². The Hall–Kier alpha value is -3.36. The predicted molar refractivity (Wildman–Crippen MR) is 117 cm³/mol. The van der Waals surface area contributed by atoms with Crippen LogP contribution in [0.3, 0.4) is 0 Å². The van der Waals surface area contributed by atoms with Crippen molar-refractivity contribution in [3.63, 3.8) is 0 Å². The summed E-state index contributed by atoms with van der Waals surface area (Å²) in [6, 6.07) is 16.0. The number of halogens is 1. The van der Waals surface area contributed by atoms with Crippen LogP contribution in [0.5, 0.6) is 0 Å². The van der Waals surface area contributed by atoms with Crippen molar-refractivity contribution in [1.29, 1.82) is 0 Å². The van der Waals surface area contributed by atoms with Crippen LogP contribution in [0.25, 0.3) is 21.5 Å². The van der Waals surface area contributed by atoms with Gasteiger partial charge in [0.15, 0.2) is 5.58 Å². The zero-order chi connectivity index (χ0) is 21.3. The topological polar surface area (TPSA) is 107 Å². The Balaban J connectivity index is 1.52. The number of carbonyl (C=O) groups is 2. The third kappa shape index (κ3) is 4.00. The molecule has 0 fully saturated rings. The van der Waals surface area contributed by atoms with Crippen LogP contribution in [-0.4, -0.2) is 16.4 Å². The zero-order valence-corrected chi connectivity index (χ0v) is 17.1. The van der Waals surface area contributed by atoms with Crippen molar-refractivity contribution in [2.75, 3.05) is 5.32 Å². The molecule has 0 saturated heterocycles. The highest BCUT2D eigenvalue weighted by molar-refractivity contribution is 7.20. The first kappa shape index (κ1) is 19.9. The van der Waals surface area contributed by atoms with Crippen molar-refractivity contribution >= 4 is 50.9 Å². The summed E-state index contributed by atoms with van der Waals surface area (Å²) in [6.45, 7) is 0.113. The summed E-state index contributed by atoms with van der Waals surface area (Å²) >= 11 is 7.18. The van der Waals surface area contributed by atoms with E-state index >= 15 is 0 Å². The highest BCUT2D eigenvalue weighted by Gasteiger charge is 2.18. The predicted octanol–water partition coefficient (Wildman–Crippen LogP) is 4.10. The van der Waals surface area contributed by atoms with Crippen LogP contribution in [0, 0.1) is 0 Å². The number of anilines is 1. The highest BCUT2D eigenvalue weighted by Crippen LogP contribution is 2.35. The van der Waals surface area contributed by atoms with Crippen LogP contribution in [0.15, 0.2) is 63.8 Å². The largest absolute Gasteiger partial charge is 0.419 e. The fourth-order valence-corrected chi connectivity index (χ4v) is 4.31. The molecule has 0 saturated carbocycles. The van der Waals surface area contributed by atoms with Gasteiger partial charge in [-0.15, -0.1) is 11.3 Å². The molecule has 0 radical (unpaired) electrons. The number of amides is 2. The summed E-state index contributed by atoms with van der Waals surface area (Å²) in [7, 11) is 0. The van der Waals surface area contributed by atoms with Crippen molar-refractivity contribution in [2.24, 2.45) is 5.73 Å². The minimum Gasteiger partial charge on any atom is -0.408 e. The van der Waals surface area contributed by atoms with Gasteiger partial charge in [-0.1, -0.05) is 41.9 Å². The molecule has 0 atom stereocenters. The number of aryl methyl sites for hydroxylation is 1. The maximum absolute atomic E-state index is 12.5. The van der Waals surface area contributed by atoms with E-state index in [-0.39, 0.29) is 24.4 Å². The van der Waals surface area contributed by atoms with Gasteiger partial charge in [-0.05, 0) is 23.8 Å². The number of nitrogens with two attached hydrogens (primary N) is 1. The van der Waals surface area contributed by atoms with Crippen LogP contribution in [0.2, 0.25) is 5.02 Å². The monoisotopic (exact) mass is 441 g/mol. The van der Waals surface area contributed by atoms with E-state index in [2.05, 4.69) is 5.32 Å². The van der Waals surface area contributed by atoms with Gasteiger partial charge in [-0.25, -0.2) is 4.79 Å². The SMILES string of the molecule is NC(=O)c1cc(-c2ccccc2)sc1NC(=O)CCn1c(=O)oc2cc(Cl)ccc21. The van der Waals surface area contributed by atoms with Gasteiger partial charge in [0, 0.05) is 28.9 Å². The van der Waals surface area contributed by atoms with Crippen LogP contribution >= 0.6 is 22.9 Å². The lowest BCUT2D eigenvalue weighted by atomic mass is 10.1. The molecule has 7 nitrogen and oxygen atoms in total. The number of aromatic nitrogens is 1. The number of nitrogens with zero attached hydrogens (tertiary/aromatic N) is 1. The van der Waals surface area contributed by atoms with Crippen LogP contribution < -0.4 is 16.8 Å². The van der Waals surface area contributed by atoms with Gasteiger partial charge in [0.25, 0.3) is 5.91 Å². The number of thiophene rings is 1. The van der Waals surface area contributed by atoms with E-state index < -0.39 is 11.7 Å². The van der Waals surface area contributed by atoms with Crippen LogP contribution in [-0.2, 0) is 11.3 Å². The normalized spacial score (nSPS) is 11.0. The molecule has 0 bridgehead atoms. The Morgan fingerprint density at radius 3 is 2.63 bits per heavy atom. The second-order valence-corrected chi connectivity index (χ2v) is 8.00. The number of benzene rings is 2. The van der Waals surface area contributed by atoms with Crippen LogP contribution in [0.4, 0.5) is 5.00 Å². The van der Waals surface area contributed by atoms with Crippen molar-refractivity contribution in [3.8, 4) is 10.4 Å². The average molecular weight is 442 g/mol. The molecule has 0 aliphatic rings. The Kier molecular flexibility index (Phi) is 5.43. The molecule has 9 heteroatoms. The van der Waals surface area contributed by atoms with Crippen molar-refractivity contribution in [1.82, 2.24) is 4.57 Å². The molecule has 0 spiro atoms. The lowest BCUT2D eigenvalue weighted by Crippen LogP contribution is -2.20. The number of fused-ring (bicyclic) bond motifs is 1. The maximum atomic E-state index is 12.5. The molecule has 0 aliphatic heterocycles. The molecule has 2 aromatic heterocycles. The first-order chi connectivity index (χ1) is 14.4. The van der Waals surface area contributed by atoms with Gasteiger partial charge in [0.2, 0.25) is 5.91 Å². The second-order valence-electron chi connectivity index (χ2n) is 6.51. The molecule has 0 unspecified atom stereocenters. The molecule has 4 rings (SSSR count). The average Bonchev–Trinajstić information content (AvgIpc) is 3.27. The Labute approximate surface area is 179 Å². The number of hydrogen-bond donors (Lipinski definition) is 2. The van der Waals surface area contributed by atoms with Crippen molar-refractivity contribution in [2.45, 2.75) is 13.0 Å². The summed E-state index contributed by atoms with van der Waals surface area (Å²) in [5.41, 5.74) is 7.54. The molecule has 4 aromatic rings. The van der Waals surface area contributed by atoms with E-state index in [9.17, 15) is 14.4 Å². The number of rotatable bonds is 6. The Bertz CT molecular complexity index is 1310. The minimum atomic E-state index is -0.627. The summed E-state index contributed by atoms with van der Waals surface area (Å²) in [5, 5.41) is 3.56. The van der Waals surface area contributed by atoms with Gasteiger partial charge >= 0.3 is 5.76 Å². The molecule has 2 aromatic carbocycles. The molecular weight excluding hydrogens is 426 g/mol. The van der Waals surface area contributed by atoms with Gasteiger partial charge in [-0.3, -0.25) is 14.2 Å². The summed E-state index contributed by atoms with van der Waals surface area (Å²) < 4.78 is 6.53. The lowest BCUT2D eigenvalue weighted by Gasteiger charge is -2.05. The van der Waals surface area contributed by atoms with Gasteiger partial charge in [0.1, 0.15) is 5.00 Å². The molecule has 2 amide bonds. The molecular formula is C21H16ClN3O4S. The highest BCUT2D eigenvalue weighted by atomic mass is 35.5. The molecule has 152 valence electrons. The van der Waals surface area contributed by atoms with Crippen molar-refractivity contribution in [3.05, 3.63) is 75.7 Å². The summed E-state index contributed by atoms with van der Waals surface area (Å²) in [4.78, 5) is 37.2. The number of nitrogens with one attached hydrogen (secondary N) is 1. The summed E-state index contributed by atoms with van der Waals surface area (Å²) in [5.74, 6) is -1.55.